The van der Waals surface area contributed by atoms with Crippen molar-refractivity contribution in [2.24, 2.45) is 0 Å². The number of carbonyl (C=O) groups is 1. The van der Waals surface area contributed by atoms with Gasteiger partial charge in [-0.2, -0.15) is 5.10 Å². The second-order valence-electron chi connectivity index (χ2n) is 4.07. The van der Waals surface area contributed by atoms with Crippen molar-refractivity contribution in [3.8, 4) is 11.1 Å². The highest BCUT2D eigenvalue weighted by molar-refractivity contribution is 5.90. The van der Waals surface area contributed by atoms with Crippen LogP contribution in [0.5, 0.6) is 0 Å². The first-order chi connectivity index (χ1) is 9.16. The summed E-state index contributed by atoms with van der Waals surface area (Å²) < 4.78 is 15.3. The first-order valence-corrected chi connectivity index (χ1v) is 5.63. The molecule has 0 amide bonds. The lowest BCUT2D eigenvalue weighted by molar-refractivity contribution is 0.0690. The van der Waals surface area contributed by atoms with Crippen LogP contribution in [0.15, 0.2) is 48.7 Å². The Morgan fingerprint density at radius 1 is 1.16 bits per heavy atom. The smallest absolute Gasteiger partial charge is 0.356 e. The monoisotopic (exact) mass is 256 g/mol. The minimum Gasteiger partial charge on any atom is -0.476 e. The number of pyridine rings is 1. The van der Waals surface area contributed by atoms with Crippen molar-refractivity contribution in [2.45, 2.75) is 0 Å². The SMILES string of the molecule is O=C(O)c1cc2c(-c3ccccc3F)cccn2n1. The van der Waals surface area contributed by atoms with E-state index < -0.39 is 5.97 Å². The van der Waals surface area contributed by atoms with E-state index in [1.807, 2.05) is 0 Å². The van der Waals surface area contributed by atoms with Gasteiger partial charge in [-0.3, -0.25) is 0 Å². The fourth-order valence-corrected chi connectivity index (χ4v) is 2.03. The first-order valence-electron chi connectivity index (χ1n) is 5.63. The number of aromatic carboxylic acids is 1. The van der Waals surface area contributed by atoms with Crippen LogP contribution in [-0.2, 0) is 0 Å². The molecule has 0 spiro atoms. The minimum atomic E-state index is -1.11. The predicted octanol–water partition coefficient (Wildman–Crippen LogP) is 2.84. The molecule has 1 aromatic carbocycles. The standard InChI is InChI=1S/C14H9FN2O2/c15-11-6-2-1-4-9(11)10-5-3-7-17-13(10)8-12(16-17)14(18)19/h1-8H,(H,18,19). The number of aromatic nitrogens is 2. The van der Waals surface area contributed by atoms with E-state index in [4.69, 9.17) is 5.11 Å². The van der Waals surface area contributed by atoms with Crippen LogP contribution in [0.1, 0.15) is 10.5 Å². The van der Waals surface area contributed by atoms with Crippen LogP contribution in [0.25, 0.3) is 16.6 Å². The Balaban J connectivity index is 2.30. The number of carboxylic acid groups (broad SMARTS) is 1. The van der Waals surface area contributed by atoms with Crippen LogP contribution in [0, 0.1) is 5.82 Å². The van der Waals surface area contributed by atoms with E-state index in [1.54, 1.807) is 36.5 Å². The second kappa shape index (κ2) is 4.20. The number of hydrogen-bond donors (Lipinski definition) is 1. The second-order valence-corrected chi connectivity index (χ2v) is 4.07. The van der Waals surface area contributed by atoms with Crippen LogP contribution >= 0.6 is 0 Å². The van der Waals surface area contributed by atoms with Crippen molar-refractivity contribution < 1.29 is 14.3 Å². The van der Waals surface area contributed by atoms with Crippen LogP contribution in [0.3, 0.4) is 0 Å². The van der Waals surface area contributed by atoms with Gasteiger partial charge in [-0.1, -0.05) is 24.3 Å². The van der Waals surface area contributed by atoms with E-state index in [2.05, 4.69) is 5.10 Å². The van der Waals surface area contributed by atoms with Gasteiger partial charge < -0.3 is 5.11 Å². The van der Waals surface area contributed by atoms with Crippen LogP contribution in [0.4, 0.5) is 4.39 Å². The van der Waals surface area contributed by atoms with Gasteiger partial charge in [0.15, 0.2) is 5.69 Å². The van der Waals surface area contributed by atoms with E-state index >= 15 is 0 Å². The lowest BCUT2D eigenvalue weighted by atomic mass is 10.0. The third-order valence-electron chi connectivity index (χ3n) is 2.88. The molecule has 1 N–H and O–H groups in total. The molecule has 0 aliphatic carbocycles. The molecule has 0 unspecified atom stereocenters. The summed E-state index contributed by atoms with van der Waals surface area (Å²) in [6.45, 7) is 0. The summed E-state index contributed by atoms with van der Waals surface area (Å²) in [5.74, 6) is -1.46. The van der Waals surface area contributed by atoms with E-state index in [1.165, 1.54) is 16.6 Å². The number of halogens is 1. The molecule has 19 heavy (non-hydrogen) atoms. The average Bonchev–Trinajstić information content (AvgIpc) is 2.83. The number of nitrogens with zero attached hydrogens (tertiary/aromatic N) is 2. The van der Waals surface area contributed by atoms with Gasteiger partial charge in [-0.15, -0.1) is 0 Å². The summed E-state index contributed by atoms with van der Waals surface area (Å²) >= 11 is 0. The number of carboxylic acids is 1. The van der Waals surface area contributed by atoms with E-state index in [0.717, 1.165) is 0 Å². The van der Waals surface area contributed by atoms with Crippen LogP contribution < -0.4 is 0 Å². The Bertz CT molecular complexity index is 780. The number of fused-ring (bicyclic) bond motifs is 1. The lowest BCUT2D eigenvalue weighted by Gasteiger charge is -2.04. The van der Waals surface area contributed by atoms with Crippen molar-refractivity contribution in [3.63, 3.8) is 0 Å². The highest BCUT2D eigenvalue weighted by atomic mass is 19.1. The molecule has 0 bridgehead atoms. The summed E-state index contributed by atoms with van der Waals surface area (Å²) in [7, 11) is 0. The summed E-state index contributed by atoms with van der Waals surface area (Å²) in [5, 5.41) is 12.9. The molecule has 0 saturated heterocycles. The quantitative estimate of drug-likeness (QED) is 0.767. The van der Waals surface area contributed by atoms with Crippen molar-refractivity contribution in [1.29, 1.82) is 0 Å². The molecule has 3 rings (SSSR count). The Labute approximate surface area is 107 Å². The number of hydrogen-bond acceptors (Lipinski definition) is 2. The number of benzene rings is 1. The maximum absolute atomic E-state index is 13.8. The Kier molecular flexibility index (Phi) is 2.52. The molecule has 3 aromatic rings. The molecule has 2 aromatic heterocycles. The fraction of sp³-hybridized carbons (Fsp3) is 0. The highest BCUT2D eigenvalue weighted by Gasteiger charge is 2.13. The van der Waals surface area contributed by atoms with Gasteiger partial charge in [-0.05, 0) is 18.2 Å². The third kappa shape index (κ3) is 1.85. The highest BCUT2D eigenvalue weighted by Crippen LogP contribution is 2.27. The lowest BCUT2D eigenvalue weighted by Crippen LogP contribution is -1.97. The van der Waals surface area contributed by atoms with Crippen molar-refractivity contribution in [2.75, 3.05) is 0 Å². The van der Waals surface area contributed by atoms with Gasteiger partial charge >= 0.3 is 5.97 Å². The molecule has 0 aliphatic rings. The maximum atomic E-state index is 13.8. The molecule has 0 fully saturated rings. The topological polar surface area (TPSA) is 54.6 Å². The molecule has 0 aliphatic heterocycles. The van der Waals surface area contributed by atoms with Crippen molar-refractivity contribution >= 4 is 11.5 Å². The predicted molar refractivity (Wildman–Crippen MR) is 67.5 cm³/mol. The Hall–Kier alpha value is -2.69. The summed E-state index contributed by atoms with van der Waals surface area (Å²) in [4.78, 5) is 10.9. The van der Waals surface area contributed by atoms with Crippen molar-refractivity contribution in [1.82, 2.24) is 9.61 Å². The normalized spacial score (nSPS) is 10.8. The third-order valence-corrected chi connectivity index (χ3v) is 2.88. The van der Waals surface area contributed by atoms with E-state index in [0.29, 0.717) is 16.6 Å². The molecule has 94 valence electrons. The summed E-state index contributed by atoms with van der Waals surface area (Å²) in [5.41, 5.74) is 1.53. The van der Waals surface area contributed by atoms with Gasteiger partial charge in [0.05, 0.1) is 5.52 Å². The molecule has 2 heterocycles. The first kappa shape index (κ1) is 11.4. The molecule has 0 saturated carbocycles. The van der Waals surface area contributed by atoms with Gasteiger partial charge in [0.2, 0.25) is 0 Å². The average molecular weight is 256 g/mol. The summed E-state index contributed by atoms with van der Waals surface area (Å²) in [6.07, 6.45) is 1.63. The van der Waals surface area contributed by atoms with Crippen molar-refractivity contribution in [3.05, 3.63) is 60.2 Å². The molecule has 0 atom stereocenters. The van der Waals surface area contributed by atoms with Gasteiger partial charge in [0.1, 0.15) is 5.82 Å². The van der Waals surface area contributed by atoms with Crippen LogP contribution in [0.2, 0.25) is 0 Å². The number of rotatable bonds is 2. The fourth-order valence-electron chi connectivity index (χ4n) is 2.03. The zero-order chi connectivity index (χ0) is 13.4. The molecule has 4 nitrogen and oxygen atoms in total. The Morgan fingerprint density at radius 2 is 1.89 bits per heavy atom. The Morgan fingerprint density at radius 3 is 2.63 bits per heavy atom. The zero-order valence-electron chi connectivity index (χ0n) is 9.75. The minimum absolute atomic E-state index is 0.0659. The van der Waals surface area contributed by atoms with Gasteiger partial charge in [0, 0.05) is 17.3 Å². The molecular formula is C14H9FN2O2. The molecular weight excluding hydrogens is 247 g/mol. The van der Waals surface area contributed by atoms with Gasteiger partial charge in [0.25, 0.3) is 0 Å². The zero-order valence-corrected chi connectivity index (χ0v) is 9.75. The van der Waals surface area contributed by atoms with Gasteiger partial charge in [-0.25, -0.2) is 13.7 Å². The largest absolute Gasteiger partial charge is 0.476 e. The maximum Gasteiger partial charge on any atom is 0.356 e. The molecule has 5 heteroatoms. The van der Waals surface area contributed by atoms with Crippen LogP contribution in [-0.4, -0.2) is 20.7 Å². The molecule has 0 radical (unpaired) electrons. The van der Waals surface area contributed by atoms with E-state index in [-0.39, 0.29) is 11.5 Å². The summed E-state index contributed by atoms with van der Waals surface area (Å²) in [6, 6.07) is 11.2. The van der Waals surface area contributed by atoms with E-state index in [9.17, 15) is 9.18 Å².